The molecule has 0 aromatic rings. The summed E-state index contributed by atoms with van der Waals surface area (Å²) in [4.78, 5) is 45.0. The standard InChI is InChI=1S/C10H18N4O5/c1-11-7(15)3-4-14(2)10(19)13-5-8(16)12-6-9(17)18/h3-6H2,1-2H3,(H,11,15)(H,12,16)(H,13,19)(H,17,18). The molecule has 0 rings (SSSR count). The number of hydrogen-bond donors (Lipinski definition) is 4. The van der Waals surface area contributed by atoms with Gasteiger partial charge >= 0.3 is 12.0 Å². The van der Waals surface area contributed by atoms with Crippen LogP contribution >= 0.6 is 0 Å². The average Bonchev–Trinajstić information content (AvgIpc) is 2.38. The molecule has 0 aliphatic rings. The molecule has 19 heavy (non-hydrogen) atoms. The highest BCUT2D eigenvalue weighted by Gasteiger charge is 2.11. The van der Waals surface area contributed by atoms with Crippen LogP contribution in [-0.2, 0) is 14.4 Å². The first-order valence-corrected chi connectivity index (χ1v) is 5.54. The molecule has 0 atom stereocenters. The summed E-state index contributed by atoms with van der Waals surface area (Å²) < 4.78 is 0. The Labute approximate surface area is 110 Å². The molecular weight excluding hydrogens is 256 g/mol. The number of carboxylic acids is 1. The summed E-state index contributed by atoms with van der Waals surface area (Å²) in [5.41, 5.74) is 0. The molecule has 4 N–H and O–H groups in total. The number of nitrogens with zero attached hydrogens (tertiary/aromatic N) is 1. The Kier molecular flexibility index (Phi) is 7.66. The fourth-order valence-electron chi connectivity index (χ4n) is 1.02. The molecule has 0 saturated carbocycles. The summed E-state index contributed by atoms with van der Waals surface area (Å²) in [6.45, 7) is -0.611. The van der Waals surface area contributed by atoms with Crippen molar-refractivity contribution in [2.45, 2.75) is 6.42 Å². The van der Waals surface area contributed by atoms with Gasteiger partial charge < -0.3 is 26.0 Å². The van der Waals surface area contributed by atoms with Gasteiger partial charge in [-0.15, -0.1) is 0 Å². The molecule has 0 aliphatic heterocycles. The Morgan fingerprint density at radius 2 is 1.68 bits per heavy atom. The summed E-state index contributed by atoms with van der Waals surface area (Å²) in [5, 5.41) is 15.1. The van der Waals surface area contributed by atoms with E-state index in [1.165, 1.54) is 19.0 Å². The van der Waals surface area contributed by atoms with Crippen LogP contribution in [0, 0.1) is 0 Å². The number of nitrogens with one attached hydrogen (secondary N) is 3. The number of amides is 4. The predicted molar refractivity (Wildman–Crippen MR) is 65.4 cm³/mol. The summed E-state index contributed by atoms with van der Waals surface area (Å²) in [7, 11) is 2.97. The molecule has 9 nitrogen and oxygen atoms in total. The third-order valence-electron chi connectivity index (χ3n) is 2.14. The summed E-state index contributed by atoms with van der Waals surface area (Å²) in [6, 6.07) is -0.519. The number of rotatable bonds is 7. The lowest BCUT2D eigenvalue weighted by Gasteiger charge is -2.17. The van der Waals surface area contributed by atoms with Gasteiger partial charge in [-0.2, -0.15) is 0 Å². The topological polar surface area (TPSA) is 128 Å². The zero-order valence-corrected chi connectivity index (χ0v) is 10.9. The SMILES string of the molecule is CNC(=O)CCN(C)C(=O)NCC(=O)NCC(=O)O. The number of hydrogen-bond acceptors (Lipinski definition) is 4. The van der Waals surface area contributed by atoms with E-state index in [0.29, 0.717) is 0 Å². The van der Waals surface area contributed by atoms with Crippen LogP contribution in [0.2, 0.25) is 0 Å². The highest BCUT2D eigenvalue weighted by molar-refractivity contribution is 5.86. The molecule has 0 heterocycles. The fourth-order valence-corrected chi connectivity index (χ4v) is 1.02. The van der Waals surface area contributed by atoms with Crippen molar-refractivity contribution in [1.29, 1.82) is 0 Å². The maximum Gasteiger partial charge on any atom is 0.322 e. The summed E-state index contributed by atoms with van der Waals surface area (Å²) in [6.07, 6.45) is 0.158. The lowest BCUT2D eigenvalue weighted by atomic mass is 10.4. The number of urea groups is 1. The molecule has 0 radical (unpaired) electrons. The lowest BCUT2D eigenvalue weighted by molar-refractivity contribution is -0.137. The Bertz CT molecular complexity index is 358. The van der Waals surface area contributed by atoms with E-state index in [0.717, 1.165) is 0 Å². The van der Waals surface area contributed by atoms with Crippen molar-refractivity contribution in [2.24, 2.45) is 0 Å². The Hall–Kier alpha value is -2.32. The second-order valence-corrected chi connectivity index (χ2v) is 3.67. The highest BCUT2D eigenvalue weighted by Crippen LogP contribution is 1.88. The first kappa shape index (κ1) is 16.7. The minimum atomic E-state index is -1.16. The van der Waals surface area contributed by atoms with Gasteiger partial charge in [0.25, 0.3) is 0 Å². The molecule has 0 spiro atoms. The molecule has 0 aromatic heterocycles. The van der Waals surface area contributed by atoms with Gasteiger partial charge in [-0.3, -0.25) is 14.4 Å². The first-order chi connectivity index (χ1) is 8.86. The van der Waals surface area contributed by atoms with Crippen molar-refractivity contribution in [3.8, 4) is 0 Å². The molecule has 108 valence electrons. The van der Waals surface area contributed by atoms with Crippen LogP contribution in [0.5, 0.6) is 0 Å². The van der Waals surface area contributed by atoms with Gasteiger partial charge in [-0.05, 0) is 0 Å². The quantitative estimate of drug-likeness (QED) is 0.425. The van der Waals surface area contributed by atoms with E-state index in [1.807, 2.05) is 0 Å². The van der Waals surface area contributed by atoms with E-state index in [-0.39, 0.29) is 25.4 Å². The van der Waals surface area contributed by atoms with E-state index < -0.39 is 24.5 Å². The van der Waals surface area contributed by atoms with Crippen molar-refractivity contribution in [1.82, 2.24) is 20.9 Å². The van der Waals surface area contributed by atoms with E-state index in [4.69, 9.17) is 5.11 Å². The van der Waals surface area contributed by atoms with Gasteiger partial charge in [0.05, 0.1) is 6.54 Å². The smallest absolute Gasteiger partial charge is 0.322 e. The minimum Gasteiger partial charge on any atom is -0.480 e. The number of carbonyl (C=O) groups excluding carboxylic acids is 3. The van der Waals surface area contributed by atoms with Crippen LogP contribution in [0.4, 0.5) is 4.79 Å². The molecule has 4 amide bonds. The van der Waals surface area contributed by atoms with Crippen molar-refractivity contribution >= 4 is 23.8 Å². The molecule has 0 fully saturated rings. The fraction of sp³-hybridized carbons (Fsp3) is 0.600. The predicted octanol–water partition coefficient (Wildman–Crippen LogP) is -2.04. The zero-order valence-electron chi connectivity index (χ0n) is 10.9. The average molecular weight is 274 g/mol. The molecule has 9 heteroatoms. The third-order valence-corrected chi connectivity index (χ3v) is 2.14. The van der Waals surface area contributed by atoms with Gasteiger partial charge in [0.1, 0.15) is 6.54 Å². The van der Waals surface area contributed by atoms with E-state index in [1.54, 1.807) is 0 Å². The largest absolute Gasteiger partial charge is 0.480 e. The number of aliphatic carboxylic acids is 1. The zero-order chi connectivity index (χ0) is 14.8. The number of carbonyl (C=O) groups is 4. The van der Waals surface area contributed by atoms with Crippen molar-refractivity contribution < 1.29 is 24.3 Å². The van der Waals surface area contributed by atoms with Gasteiger partial charge in [0.15, 0.2) is 0 Å². The first-order valence-electron chi connectivity index (χ1n) is 5.54. The lowest BCUT2D eigenvalue weighted by Crippen LogP contribution is -2.44. The molecule has 0 aliphatic carbocycles. The van der Waals surface area contributed by atoms with Crippen LogP contribution in [0.25, 0.3) is 0 Å². The van der Waals surface area contributed by atoms with E-state index in [9.17, 15) is 19.2 Å². The van der Waals surface area contributed by atoms with Crippen LogP contribution in [0.3, 0.4) is 0 Å². The maximum atomic E-state index is 11.5. The Morgan fingerprint density at radius 1 is 1.05 bits per heavy atom. The van der Waals surface area contributed by atoms with Crippen LogP contribution in [0.1, 0.15) is 6.42 Å². The Balaban J connectivity index is 3.86. The van der Waals surface area contributed by atoms with E-state index in [2.05, 4.69) is 16.0 Å². The van der Waals surface area contributed by atoms with Crippen LogP contribution in [-0.4, -0.2) is 67.6 Å². The minimum absolute atomic E-state index is 0.158. The third kappa shape index (κ3) is 8.41. The van der Waals surface area contributed by atoms with Gasteiger partial charge in [0.2, 0.25) is 11.8 Å². The normalized spacial score (nSPS) is 9.37. The van der Waals surface area contributed by atoms with Gasteiger partial charge in [-0.1, -0.05) is 0 Å². The van der Waals surface area contributed by atoms with Crippen molar-refractivity contribution in [3.63, 3.8) is 0 Å². The maximum absolute atomic E-state index is 11.5. The molecule has 0 unspecified atom stereocenters. The van der Waals surface area contributed by atoms with Gasteiger partial charge in [-0.25, -0.2) is 4.79 Å². The second kappa shape index (κ2) is 8.72. The van der Waals surface area contributed by atoms with Crippen molar-refractivity contribution in [2.75, 3.05) is 33.7 Å². The highest BCUT2D eigenvalue weighted by atomic mass is 16.4. The molecule has 0 saturated heterocycles. The van der Waals surface area contributed by atoms with Crippen molar-refractivity contribution in [3.05, 3.63) is 0 Å². The van der Waals surface area contributed by atoms with Crippen LogP contribution < -0.4 is 16.0 Å². The van der Waals surface area contributed by atoms with E-state index >= 15 is 0 Å². The Morgan fingerprint density at radius 3 is 2.21 bits per heavy atom. The van der Waals surface area contributed by atoms with Gasteiger partial charge in [0, 0.05) is 27.1 Å². The van der Waals surface area contributed by atoms with Crippen LogP contribution in [0.15, 0.2) is 0 Å². The second-order valence-electron chi connectivity index (χ2n) is 3.67. The molecule has 0 bridgehead atoms. The number of carboxylic acid groups (broad SMARTS) is 1. The molecular formula is C10H18N4O5. The molecule has 0 aromatic carbocycles. The summed E-state index contributed by atoms with van der Waals surface area (Å²) in [5.74, 6) is -1.96. The monoisotopic (exact) mass is 274 g/mol. The summed E-state index contributed by atoms with van der Waals surface area (Å²) >= 11 is 0.